The number of halogens is 1. The van der Waals surface area contributed by atoms with Crippen LogP contribution in [0.2, 0.25) is 0 Å². The highest BCUT2D eigenvalue weighted by Gasteiger charge is 2.36. The summed E-state index contributed by atoms with van der Waals surface area (Å²) in [6.45, 7) is 1.97. The van der Waals surface area contributed by atoms with Crippen LogP contribution in [0.3, 0.4) is 0 Å². The summed E-state index contributed by atoms with van der Waals surface area (Å²) in [7, 11) is 1.84. The summed E-state index contributed by atoms with van der Waals surface area (Å²) in [5.41, 5.74) is 1.87. The summed E-state index contributed by atoms with van der Waals surface area (Å²) in [4.78, 5) is 14.8. The lowest BCUT2D eigenvalue weighted by molar-refractivity contribution is 0.453. The number of fused-ring (bicyclic) bond motifs is 1. The van der Waals surface area contributed by atoms with Crippen molar-refractivity contribution in [2.45, 2.75) is 38.1 Å². The lowest BCUT2D eigenvalue weighted by Gasteiger charge is -2.23. The van der Waals surface area contributed by atoms with Crippen molar-refractivity contribution in [1.29, 1.82) is 0 Å². The largest absolute Gasteiger partial charge is 0.348 e. The minimum absolute atomic E-state index is 0.250. The van der Waals surface area contributed by atoms with Gasteiger partial charge >= 0.3 is 0 Å². The highest BCUT2D eigenvalue weighted by atomic mass is 19.1. The first-order valence-corrected chi connectivity index (χ1v) is 6.92. The van der Waals surface area contributed by atoms with Gasteiger partial charge in [-0.25, -0.2) is 9.18 Å². The predicted octanol–water partition coefficient (Wildman–Crippen LogP) is 3.73. The van der Waals surface area contributed by atoms with Crippen molar-refractivity contribution in [1.82, 2.24) is 4.57 Å². The second kappa shape index (κ2) is 4.57. The van der Waals surface area contributed by atoms with Gasteiger partial charge in [0.2, 0.25) is 6.08 Å². The van der Waals surface area contributed by atoms with Crippen LogP contribution >= 0.6 is 0 Å². The Labute approximate surface area is 117 Å². The van der Waals surface area contributed by atoms with Gasteiger partial charge in [-0.05, 0) is 43.0 Å². The van der Waals surface area contributed by atoms with Gasteiger partial charge in [0.15, 0.2) is 0 Å². The first-order chi connectivity index (χ1) is 9.57. The third-order valence-corrected chi connectivity index (χ3v) is 4.46. The number of aliphatic imine (C=N–C) groups is 1. The summed E-state index contributed by atoms with van der Waals surface area (Å²) in [5.74, 6) is -0.250. The van der Waals surface area contributed by atoms with Gasteiger partial charge in [0.1, 0.15) is 5.82 Å². The van der Waals surface area contributed by atoms with E-state index in [0.717, 1.165) is 42.2 Å². The Morgan fingerprint density at radius 2 is 2.05 bits per heavy atom. The number of aryl methyl sites for hydroxylation is 2. The fraction of sp³-hybridized carbons (Fsp3) is 0.438. The molecular formula is C16H17FN2O. The highest BCUT2D eigenvalue weighted by molar-refractivity contribution is 5.85. The van der Waals surface area contributed by atoms with Crippen molar-refractivity contribution < 1.29 is 9.18 Å². The molecule has 104 valence electrons. The minimum atomic E-state index is -0.570. The normalized spacial score (nSPS) is 17.4. The zero-order chi connectivity index (χ0) is 14.3. The molecule has 1 aromatic heterocycles. The van der Waals surface area contributed by atoms with E-state index in [1.165, 1.54) is 6.07 Å². The molecule has 0 saturated heterocycles. The Bertz CT molecular complexity index is 720. The molecule has 1 fully saturated rings. The molecule has 1 aliphatic rings. The maximum absolute atomic E-state index is 14.4. The Hall–Kier alpha value is -1.93. The van der Waals surface area contributed by atoms with Crippen molar-refractivity contribution in [3.05, 3.63) is 35.3 Å². The number of aromatic nitrogens is 1. The van der Waals surface area contributed by atoms with Gasteiger partial charge < -0.3 is 4.57 Å². The molecule has 0 amide bonds. The van der Waals surface area contributed by atoms with E-state index in [2.05, 4.69) is 4.99 Å². The SMILES string of the molecule is Cc1cn(C)c2c(F)cc(C3(N=C=O)CCCC3)cc12. The van der Waals surface area contributed by atoms with E-state index in [1.54, 1.807) is 10.6 Å². The standard InChI is InChI=1S/C16H17FN2O/c1-11-9-19(2)15-13(11)7-12(8-14(15)17)16(18-10-20)5-3-4-6-16/h7-9H,3-6H2,1-2H3. The first kappa shape index (κ1) is 13.1. The molecule has 0 bridgehead atoms. The molecule has 1 aliphatic carbocycles. The molecule has 1 aromatic carbocycles. The molecule has 0 aliphatic heterocycles. The highest BCUT2D eigenvalue weighted by Crippen LogP contribution is 2.43. The summed E-state index contributed by atoms with van der Waals surface area (Å²) in [6.07, 6.45) is 7.21. The van der Waals surface area contributed by atoms with Gasteiger partial charge in [0.25, 0.3) is 0 Å². The van der Waals surface area contributed by atoms with Crippen LogP contribution in [0, 0.1) is 12.7 Å². The lowest BCUT2D eigenvalue weighted by atomic mass is 9.88. The van der Waals surface area contributed by atoms with Crippen LogP contribution in [0.25, 0.3) is 10.9 Å². The summed E-state index contributed by atoms with van der Waals surface area (Å²) in [6, 6.07) is 3.52. The van der Waals surface area contributed by atoms with E-state index in [4.69, 9.17) is 0 Å². The topological polar surface area (TPSA) is 34.4 Å². The molecule has 3 rings (SSSR count). The van der Waals surface area contributed by atoms with Crippen LogP contribution in [0.15, 0.2) is 23.3 Å². The van der Waals surface area contributed by atoms with Crippen molar-refractivity contribution >= 4 is 17.0 Å². The quantitative estimate of drug-likeness (QED) is 0.606. The third kappa shape index (κ3) is 1.80. The van der Waals surface area contributed by atoms with Gasteiger partial charge in [0, 0.05) is 18.6 Å². The molecule has 0 radical (unpaired) electrons. The maximum Gasteiger partial charge on any atom is 0.235 e. The number of rotatable bonds is 2. The number of nitrogens with zero attached hydrogens (tertiary/aromatic N) is 2. The monoisotopic (exact) mass is 272 g/mol. The molecule has 0 N–H and O–H groups in total. The van der Waals surface area contributed by atoms with Crippen molar-refractivity contribution in [2.75, 3.05) is 0 Å². The van der Waals surface area contributed by atoms with Gasteiger partial charge in [0.05, 0.1) is 11.1 Å². The number of benzene rings is 1. The van der Waals surface area contributed by atoms with E-state index < -0.39 is 5.54 Å². The first-order valence-electron chi connectivity index (χ1n) is 6.92. The summed E-state index contributed by atoms with van der Waals surface area (Å²) in [5, 5.41) is 0.898. The van der Waals surface area contributed by atoms with Crippen LogP contribution in [-0.2, 0) is 17.4 Å². The van der Waals surface area contributed by atoms with Crippen LogP contribution < -0.4 is 0 Å². The Kier molecular flexibility index (Phi) is 2.98. The Balaban J connectivity index is 2.27. The fourth-order valence-corrected chi connectivity index (χ4v) is 3.46. The summed E-state index contributed by atoms with van der Waals surface area (Å²) < 4.78 is 16.2. The van der Waals surface area contributed by atoms with E-state index in [1.807, 2.05) is 26.2 Å². The number of carbonyl (C=O) groups excluding carboxylic acids is 1. The summed E-state index contributed by atoms with van der Waals surface area (Å²) >= 11 is 0. The smallest absolute Gasteiger partial charge is 0.235 e. The van der Waals surface area contributed by atoms with Crippen LogP contribution in [-0.4, -0.2) is 10.6 Å². The number of hydrogen-bond acceptors (Lipinski definition) is 2. The Morgan fingerprint density at radius 3 is 2.70 bits per heavy atom. The molecule has 3 nitrogen and oxygen atoms in total. The average Bonchev–Trinajstić information content (AvgIpc) is 2.97. The van der Waals surface area contributed by atoms with Gasteiger partial charge in [-0.1, -0.05) is 12.8 Å². The molecule has 1 saturated carbocycles. The Morgan fingerprint density at radius 1 is 1.35 bits per heavy atom. The van der Waals surface area contributed by atoms with E-state index >= 15 is 0 Å². The lowest BCUT2D eigenvalue weighted by Crippen LogP contribution is -2.19. The molecule has 4 heteroatoms. The van der Waals surface area contributed by atoms with Crippen LogP contribution in [0.1, 0.15) is 36.8 Å². The molecular weight excluding hydrogens is 255 g/mol. The predicted molar refractivity (Wildman–Crippen MR) is 75.9 cm³/mol. The maximum atomic E-state index is 14.4. The van der Waals surface area contributed by atoms with Crippen molar-refractivity contribution in [2.24, 2.45) is 12.0 Å². The molecule has 20 heavy (non-hydrogen) atoms. The van der Waals surface area contributed by atoms with Gasteiger partial charge in [-0.3, -0.25) is 0 Å². The minimum Gasteiger partial charge on any atom is -0.348 e. The number of hydrogen-bond donors (Lipinski definition) is 0. The second-order valence-corrected chi connectivity index (χ2v) is 5.72. The third-order valence-electron chi connectivity index (χ3n) is 4.46. The van der Waals surface area contributed by atoms with E-state index in [0.29, 0.717) is 5.52 Å². The molecule has 2 aromatic rings. The number of isocyanates is 1. The molecule has 0 atom stereocenters. The van der Waals surface area contributed by atoms with E-state index in [9.17, 15) is 9.18 Å². The van der Waals surface area contributed by atoms with Gasteiger partial charge in [-0.2, -0.15) is 4.99 Å². The average molecular weight is 272 g/mol. The van der Waals surface area contributed by atoms with Crippen LogP contribution in [0.4, 0.5) is 4.39 Å². The van der Waals surface area contributed by atoms with Crippen LogP contribution in [0.5, 0.6) is 0 Å². The van der Waals surface area contributed by atoms with Crippen molar-refractivity contribution in [3.63, 3.8) is 0 Å². The zero-order valence-electron chi connectivity index (χ0n) is 11.7. The zero-order valence-corrected chi connectivity index (χ0v) is 11.7. The van der Waals surface area contributed by atoms with Gasteiger partial charge in [-0.15, -0.1) is 0 Å². The molecule has 0 unspecified atom stereocenters. The fourth-order valence-electron chi connectivity index (χ4n) is 3.46. The van der Waals surface area contributed by atoms with E-state index in [-0.39, 0.29) is 5.82 Å². The molecule has 1 heterocycles. The van der Waals surface area contributed by atoms with Crippen molar-refractivity contribution in [3.8, 4) is 0 Å². The second-order valence-electron chi connectivity index (χ2n) is 5.72. The molecule has 0 spiro atoms.